The highest BCUT2D eigenvalue weighted by molar-refractivity contribution is 6.02. The number of ether oxygens (including phenoxy) is 1. The van der Waals surface area contributed by atoms with Gasteiger partial charge in [0.2, 0.25) is 0 Å². The number of hydrogen-bond acceptors (Lipinski definition) is 6. The zero-order valence-corrected chi connectivity index (χ0v) is 16.2. The number of allylic oxidation sites excluding steroid dienone is 2. The van der Waals surface area contributed by atoms with Crippen molar-refractivity contribution < 1.29 is 24.0 Å². The molecule has 0 radical (unpaired) electrons. The minimum absolute atomic E-state index is 0.0312. The van der Waals surface area contributed by atoms with Crippen LogP contribution in [0.5, 0.6) is 0 Å². The lowest BCUT2D eigenvalue weighted by molar-refractivity contribution is -0.151. The van der Waals surface area contributed by atoms with E-state index < -0.39 is 24.6 Å². The molecule has 2 rings (SSSR count). The number of rotatable bonds is 8. The molecule has 0 aromatic carbocycles. The Morgan fingerprint density at radius 1 is 1.36 bits per heavy atom. The average molecular weight is 385 g/mol. The zero-order chi connectivity index (χ0) is 20.9. The number of terminal acetylenes is 2. The SMILES string of the molecule is C#CCON=C/C(C)=C/[C@@H]1[C@@H](C(=O)OCN2C(=O)CN(CC#C)C2=O)C1(C)C. The van der Waals surface area contributed by atoms with Gasteiger partial charge in [-0.1, -0.05) is 36.9 Å². The summed E-state index contributed by atoms with van der Waals surface area (Å²) in [4.78, 5) is 43.4. The first-order valence-corrected chi connectivity index (χ1v) is 8.70. The molecule has 0 aromatic rings. The second-order valence-electron chi connectivity index (χ2n) is 7.20. The van der Waals surface area contributed by atoms with Crippen LogP contribution in [0.25, 0.3) is 0 Å². The van der Waals surface area contributed by atoms with Gasteiger partial charge in [-0.3, -0.25) is 9.59 Å². The molecule has 0 bridgehead atoms. The molecule has 0 spiro atoms. The summed E-state index contributed by atoms with van der Waals surface area (Å²) < 4.78 is 5.23. The number of carbonyl (C=O) groups is 3. The maximum Gasteiger partial charge on any atom is 0.330 e. The molecule has 28 heavy (non-hydrogen) atoms. The maximum atomic E-state index is 12.5. The number of oxime groups is 1. The summed E-state index contributed by atoms with van der Waals surface area (Å²) in [6, 6.07) is -0.554. The van der Waals surface area contributed by atoms with Gasteiger partial charge >= 0.3 is 12.0 Å². The summed E-state index contributed by atoms with van der Waals surface area (Å²) in [6.07, 6.45) is 13.7. The lowest BCUT2D eigenvalue weighted by Crippen LogP contribution is -2.36. The van der Waals surface area contributed by atoms with Crippen LogP contribution < -0.4 is 0 Å². The summed E-state index contributed by atoms with van der Waals surface area (Å²) >= 11 is 0. The molecule has 148 valence electrons. The second kappa shape index (κ2) is 8.62. The zero-order valence-electron chi connectivity index (χ0n) is 16.2. The van der Waals surface area contributed by atoms with E-state index in [9.17, 15) is 14.4 Å². The molecular formula is C20H23N3O5. The van der Waals surface area contributed by atoms with Gasteiger partial charge in [0, 0.05) is 0 Å². The van der Waals surface area contributed by atoms with Gasteiger partial charge in [-0.15, -0.1) is 12.8 Å². The van der Waals surface area contributed by atoms with Gasteiger partial charge in [-0.05, 0) is 23.8 Å². The van der Waals surface area contributed by atoms with Crippen LogP contribution in [0.2, 0.25) is 0 Å². The van der Waals surface area contributed by atoms with Crippen LogP contribution in [0.3, 0.4) is 0 Å². The Morgan fingerprint density at radius 2 is 2.07 bits per heavy atom. The third-order valence-electron chi connectivity index (χ3n) is 4.83. The van der Waals surface area contributed by atoms with Gasteiger partial charge in [0.1, 0.15) is 6.54 Å². The minimum Gasteiger partial charge on any atom is -0.443 e. The molecule has 0 aromatic heterocycles. The van der Waals surface area contributed by atoms with Gasteiger partial charge in [-0.25, -0.2) is 9.69 Å². The molecule has 8 heteroatoms. The Balaban J connectivity index is 1.91. The standard InChI is InChI=1S/C20H23N3O5/c1-6-8-22-12-16(24)23(19(22)26)13-27-18(25)17-15(20(17,4)5)10-14(3)11-21-28-9-7-2/h1-2,10-11,15,17H,8-9,12-13H2,3-5H3/b14-10+,21-11?/t15-,17+/m1/s1. The fourth-order valence-corrected chi connectivity index (χ4v) is 3.13. The lowest BCUT2D eigenvalue weighted by Gasteiger charge is -2.15. The van der Waals surface area contributed by atoms with Crippen molar-refractivity contribution in [3.8, 4) is 24.7 Å². The topological polar surface area (TPSA) is 88.5 Å². The van der Waals surface area contributed by atoms with Crippen LogP contribution in [-0.4, -0.2) is 60.3 Å². The summed E-state index contributed by atoms with van der Waals surface area (Å²) in [5.74, 6) is 3.28. The molecule has 8 nitrogen and oxygen atoms in total. The Morgan fingerprint density at radius 3 is 2.71 bits per heavy atom. The van der Waals surface area contributed by atoms with E-state index in [2.05, 4.69) is 17.0 Å². The third-order valence-corrected chi connectivity index (χ3v) is 4.83. The number of hydrogen-bond donors (Lipinski definition) is 0. The monoisotopic (exact) mass is 385 g/mol. The van der Waals surface area contributed by atoms with Crippen molar-refractivity contribution in [3.63, 3.8) is 0 Å². The number of amides is 3. The smallest absolute Gasteiger partial charge is 0.330 e. The van der Waals surface area contributed by atoms with Crippen molar-refractivity contribution in [2.45, 2.75) is 20.8 Å². The highest BCUT2D eigenvalue weighted by atomic mass is 16.6. The van der Waals surface area contributed by atoms with Crippen molar-refractivity contribution in [2.24, 2.45) is 22.4 Å². The number of urea groups is 1. The predicted octanol–water partition coefficient (Wildman–Crippen LogP) is 1.24. The Hall–Kier alpha value is -3.26. The Labute approximate surface area is 164 Å². The van der Waals surface area contributed by atoms with E-state index in [4.69, 9.17) is 22.4 Å². The number of imide groups is 1. The fraction of sp³-hybridized carbons (Fsp3) is 0.500. The summed E-state index contributed by atoms with van der Waals surface area (Å²) in [5, 5.41) is 3.73. The van der Waals surface area contributed by atoms with E-state index in [1.807, 2.05) is 26.8 Å². The molecule has 2 fully saturated rings. The highest BCUT2D eigenvalue weighted by Gasteiger charge is 2.61. The first-order chi connectivity index (χ1) is 13.2. The molecule has 2 aliphatic rings. The lowest BCUT2D eigenvalue weighted by atomic mass is 10.1. The molecule has 1 heterocycles. The molecule has 1 saturated heterocycles. The van der Waals surface area contributed by atoms with Crippen LogP contribution in [0, 0.1) is 41.9 Å². The molecule has 2 atom stereocenters. The molecule has 1 saturated carbocycles. The van der Waals surface area contributed by atoms with Gasteiger partial charge in [0.15, 0.2) is 13.3 Å². The maximum absolute atomic E-state index is 12.5. The van der Waals surface area contributed by atoms with E-state index in [1.165, 1.54) is 11.1 Å². The van der Waals surface area contributed by atoms with Crippen molar-refractivity contribution in [2.75, 3.05) is 26.4 Å². The van der Waals surface area contributed by atoms with Gasteiger partial charge in [0.05, 0.1) is 18.7 Å². The number of carbonyl (C=O) groups excluding carboxylic acids is 3. The second-order valence-corrected chi connectivity index (χ2v) is 7.20. The highest BCUT2D eigenvalue weighted by Crippen LogP contribution is 2.59. The van der Waals surface area contributed by atoms with Crippen molar-refractivity contribution in [3.05, 3.63) is 11.6 Å². The number of esters is 1. The van der Waals surface area contributed by atoms with E-state index in [0.717, 1.165) is 10.5 Å². The van der Waals surface area contributed by atoms with Crippen LogP contribution in [0.15, 0.2) is 16.8 Å². The van der Waals surface area contributed by atoms with Crippen molar-refractivity contribution in [1.29, 1.82) is 0 Å². The van der Waals surface area contributed by atoms with E-state index in [0.29, 0.717) is 0 Å². The molecule has 0 unspecified atom stereocenters. The fourth-order valence-electron chi connectivity index (χ4n) is 3.13. The normalized spacial score (nSPS) is 23.5. The van der Waals surface area contributed by atoms with Crippen LogP contribution in [-0.2, 0) is 19.2 Å². The molecule has 3 amide bonds. The van der Waals surface area contributed by atoms with Crippen LogP contribution >= 0.6 is 0 Å². The largest absolute Gasteiger partial charge is 0.443 e. The number of nitrogens with zero attached hydrogens (tertiary/aromatic N) is 3. The predicted molar refractivity (Wildman–Crippen MR) is 101 cm³/mol. The van der Waals surface area contributed by atoms with Crippen LogP contribution in [0.1, 0.15) is 20.8 Å². The van der Waals surface area contributed by atoms with Gasteiger partial charge in [-0.2, -0.15) is 0 Å². The Kier molecular flexibility index (Phi) is 6.48. The van der Waals surface area contributed by atoms with Crippen molar-refractivity contribution in [1.82, 2.24) is 9.80 Å². The van der Waals surface area contributed by atoms with E-state index >= 15 is 0 Å². The summed E-state index contributed by atoms with van der Waals surface area (Å²) in [5.41, 5.74) is 0.514. The van der Waals surface area contributed by atoms with Gasteiger partial charge in [0.25, 0.3) is 5.91 Å². The third kappa shape index (κ3) is 4.52. The summed E-state index contributed by atoms with van der Waals surface area (Å²) in [6.45, 7) is 5.31. The molecule has 1 aliphatic carbocycles. The average Bonchev–Trinajstić information content (AvgIpc) is 3.05. The molecule has 0 N–H and O–H groups in total. The first-order valence-electron chi connectivity index (χ1n) is 8.70. The molecule has 1 aliphatic heterocycles. The summed E-state index contributed by atoms with van der Waals surface area (Å²) in [7, 11) is 0. The first kappa shape index (κ1) is 21.0. The van der Waals surface area contributed by atoms with Crippen LogP contribution in [0.4, 0.5) is 4.79 Å². The molecular weight excluding hydrogens is 362 g/mol. The van der Waals surface area contributed by atoms with Gasteiger partial charge < -0.3 is 14.5 Å². The quantitative estimate of drug-likeness (QED) is 0.157. The van der Waals surface area contributed by atoms with Crippen molar-refractivity contribution >= 4 is 24.1 Å². The Bertz CT molecular complexity index is 800. The van der Waals surface area contributed by atoms with E-state index in [-0.39, 0.29) is 36.9 Å². The minimum atomic E-state index is -0.554. The van der Waals surface area contributed by atoms with E-state index in [1.54, 1.807) is 0 Å².